The van der Waals surface area contributed by atoms with Crippen molar-refractivity contribution < 1.29 is 17.9 Å². The maximum absolute atomic E-state index is 12.5. The molecule has 2 rings (SSSR count). The van der Waals surface area contributed by atoms with Crippen molar-refractivity contribution >= 4 is 11.6 Å². The first-order valence-corrected chi connectivity index (χ1v) is 5.15. The van der Waals surface area contributed by atoms with Gasteiger partial charge in [-0.2, -0.15) is 13.2 Å². The first kappa shape index (κ1) is 12.6. The second-order valence-electron chi connectivity index (χ2n) is 3.31. The molecular formula is C11H6ClF3N2O. The van der Waals surface area contributed by atoms with E-state index in [0.717, 1.165) is 12.1 Å². The lowest BCUT2D eigenvalue weighted by Crippen LogP contribution is -2.05. The molecule has 94 valence electrons. The van der Waals surface area contributed by atoms with Crippen molar-refractivity contribution in [1.29, 1.82) is 0 Å². The highest BCUT2D eigenvalue weighted by atomic mass is 35.5. The Hall–Kier alpha value is -1.82. The van der Waals surface area contributed by atoms with E-state index < -0.39 is 11.7 Å². The molecule has 0 spiro atoms. The van der Waals surface area contributed by atoms with E-state index in [1.807, 2.05) is 0 Å². The standard InChI is InChI=1S/C11H6ClF3N2O/c12-9-4-7(11(13,14)15)5-10(17-9)18-8-2-1-3-16-6-8/h1-6H. The highest BCUT2D eigenvalue weighted by molar-refractivity contribution is 6.29. The molecule has 2 heterocycles. The summed E-state index contributed by atoms with van der Waals surface area (Å²) in [6, 6.07) is 4.64. The normalized spacial score (nSPS) is 11.3. The topological polar surface area (TPSA) is 35.0 Å². The molecule has 0 aliphatic rings. The third kappa shape index (κ3) is 3.10. The van der Waals surface area contributed by atoms with Gasteiger partial charge in [-0.1, -0.05) is 11.6 Å². The highest BCUT2D eigenvalue weighted by Gasteiger charge is 2.31. The van der Waals surface area contributed by atoms with Gasteiger partial charge in [0.05, 0.1) is 11.8 Å². The molecular weight excluding hydrogens is 269 g/mol. The minimum absolute atomic E-state index is 0.233. The van der Waals surface area contributed by atoms with E-state index in [0.29, 0.717) is 0 Å². The third-order valence-corrected chi connectivity index (χ3v) is 2.15. The fourth-order valence-corrected chi connectivity index (χ4v) is 1.42. The van der Waals surface area contributed by atoms with Crippen LogP contribution in [0.3, 0.4) is 0 Å². The van der Waals surface area contributed by atoms with Crippen molar-refractivity contribution in [3.05, 3.63) is 47.4 Å². The molecule has 18 heavy (non-hydrogen) atoms. The second-order valence-corrected chi connectivity index (χ2v) is 3.69. The number of aromatic nitrogens is 2. The van der Waals surface area contributed by atoms with E-state index >= 15 is 0 Å². The van der Waals surface area contributed by atoms with Crippen molar-refractivity contribution in [3.63, 3.8) is 0 Å². The van der Waals surface area contributed by atoms with Gasteiger partial charge in [-0.25, -0.2) is 4.98 Å². The van der Waals surface area contributed by atoms with Gasteiger partial charge in [0, 0.05) is 12.3 Å². The van der Waals surface area contributed by atoms with E-state index in [4.69, 9.17) is 16.3 Å². The van der Waals surface area contributed by atoms with E-state index in [-0.39, 0.29) is 16.8 Å². The molecule has 2 aromatic heterocycles. The fraction of sp³-hybridized carbons (Fsp3) is 0.0909. The third-order valence-electron chi connectivity index (χ3n) is 1.95. The van der Waals surface area contributed by atoms with E-state index in [2.05, 4.69) is 9.97 Å². The number of ether oxygens (including phenoxy) is 1. The summed E-state index contributed by atoms with van der Waals surface area (Å²) in [6.07, 6.45) is -1.63. The Labute approximate surface area is 105 Å². The average molecular weight is 275 g/mol. The number of pyridine rings is 2. The van der Waals surface area contributed by atoms with E-state index in [1.165, 1.54) is 12.4 Å². The number of hydrogen-bond acceptors (Lipinski definition) is 3. The van der Waals surface area contributed by atoms with Crippen LogP contribution in [0.1, 0.15) is 5.56 Å². The number of rotatable bonds is 2. The van der Waals surface area contributed by atoms with Crippen LogP contribution in [0.2, 0.25) is 5.15 Å². The summed E-state index contributed by atoms with van der Waals surface area (Å²) >= 11 is 5.52. The molecule has 0 unspecified atom stereocenters. The van der Waals surface area contributed by atoms with Gasteiger partial charge in [0.25, 0.3) is 0 Å². The largest absolute Gasteiger partial charge is 0.437 e. The van der Waals surface area contributed by atoms with Crippen LogP contribution in [0, 0.1) is 0 Å². The number of nitrogens with zero attached hydrogens (tertiary/aromatic N) is 2. The van der Waals surface area contributed by atoms with Gasteiger partial charge in [-0.05, 0) is 18.2 Å². The fourth-order valence-electron chi connectivity index (χ4n) is 1.22. The van der Waals surface area contributed by atoms with Crippen LogP contribution in [0.4, 0.5) is 13.2 Å². The quantitative estimate of drug-likeness (QED) is 0.778. The molecule has 0 N–H and O–H groups in total. The van der Waals surface area contributed by atoms with Crippen LogP contribution in [-0.2, 0) is 6.18 Å². The second kappa shape index (κ2) is 4.81. The molecule has 3 nitrogen and oxygen atoms in total. The lowest BCUT2D eigenvalue weighted by Gasteiger charge is -2.09. The van der Waals surface area contributed by atoms with E-state index in [1.54, 1.807) is 12.1 Å². The molecule has 0 fully saturated rings. The summed E-state index contributed by atoms with van der Waals surface area (Å²) in [4.78, 5) is 7.42. The predicted molar refractivity (Wildman–Crippen MR) is 58.6 cm³/mol. The van der Waals surface area contributed by atoms with Gasteiger partial charge >= 0.3 is 6.18 Å². The Balaban J connectivity index is 2.32. The van der Waals surface area contributed by atoms with Gasteiger partial charge in [-0.3, -0.25) is 4.98 Å². The van der Waals surface area contributed by atoms with Crippen molar-refractivity contribution in [1.82, 2.24) is 9.97 Å². The maximum atomic E-state index is 12.5. The molecule has 0 saturated carbocycles. The van der Waals surface area contributed by atoms with Crippen LogP contribution in [0.15, 0.2) is 36.7 Å². The minimum Gasteiger partial charge on any atom is -0.437 e. The van der Waals surface area contributed by atoms with Crippen molar-refractivity contribution in [2.45, 2.75) is 6.18 Å². The number of alkyl halides is 3. The average Bonchev–Trinajstić information content (AvgIpc) is 2.28. The van der Waals surface area contributed by atoms with Crippen molar-refractivity contribution in [2.24, 2.45) is 0 Å². The van der Waals surface area contributed by atoms with Crippen LogP contribution >= 0.6 is 11.6 Å². The Morgan fingerprint density at radius 1 is 1.22 bits per heavy atom. The van der Waals surface area contributed by atoms with Crippen LogP contribution < -0.4 is 4.74 Å². The molecule has 0 amide bonds. The minimum atomic E-state index is -4.50. The molecule has 0 atom stereocenters. The predicted octanol–water partition coefficient (Wildman–Crippen LogP) is 3.94. The van der Waals surface area contributed by atoms with Gasteiger partial charge in [0.15, 0.2) is 0 Å². The summed E-state index contributed by atoms with van der Waals surface area (Å²) < 4.78 is 42.7. The monoisotopic (exact) mass is 274 g/mol. The van der Waals surface area contributed by atoms with Gasteiger partial charge in [0.1, 0.15) is 10.9 Å². The Bertz CT molecular complexity index is 546. The highest BCUT2D eigenvalue weighted by Crippen LogP contribution is 2.33. The number of halogens is 4. The molecule has 0 bridgehead atoms. The zero-order valence-electron chi connectivity index (χ0n) is 8.78. The van der Waals surface area contributed by atoms with E-state index in [9.17, 15) is 13.2 Å². The van der Waals surface area contributed by atoms with Gasteiger partial charge in [-0.15, -0.1) is 0 Å². The summed E-state index contributed by atoms with van der Waals surface area (Å²) in [6.45, 7) is 0. The van der Waals surface area contributed by atoms with Crippen molar-refractivity contribution in [2.75, 3.05) is 0 Å². The maximum Gasteiger partial charge on any atom is 0.416 e. The summed E-state index contributed by atoms with van der Waals surface area (Å²) in [5.74, 6) is 0.0446. The zero-order valence-corrected chi connectivity index (χ0v) is 9.53. The first-order valence-electron chi connectivity index (χ1n) is 4.78. The molecule has 0 aliphatic heterocycles. The molecule has 0 saturated heterocycles. The summed E-state index contributed by atoms with van der Waals surface area (Å²) in [5.41, 5.74) is -0.915. The number of hydrogen-bond donors (Lipinski definition) is 0. The summed E-state index contributed by atoms with van der Waals surface area (Å²) in [7, 11) is 0. The lowest BCUT2D eigenvalue weighted by atomic mass is 10.2. The van der Waals surface area contributed by atoms with Crippen LogP contribution in [0.25, 0.3) is 0 Å². The molecule has 0 radical (unpaired) electrons. The SMILES string of the molecule is FC(F)(F)c1cc(Cl)nc(Oc2cccnc2)c1. The van der Waals surface area contributed by atoms with Crippen LogP contribution in [0.5, 0.6) is 11.6 Å². The molecule has 0 aliphatic carbocycles. The zero-order chi connectivity index (χ0) is 13.2. The lowest BCUT2D eigenvalue weighted by molar-refractivity contribution is -0.137. The smallest absolute Gasteiger partial charge is 0.416 e. The summed E-state index contributed by atoms with van der Waals surface area (Å²) in [5, 5.41) is -0.288. The van der Waals surface area contributed by atoms with Gasteiger partial charge < -0.3 is 4.74 Å². The van der Waals surface area contributed by atoms with Gasteiger partial charge in [0.2, 0.25) is 5.88 Å². The van der Waals surface area contributed by atoms with Crippen LogP contribution in [-0.4, -0.2) is 9.97 Å². The molecule has 0 aromatic carbocycles. The Kier molecular flexibility index (Phi) is 3.38. The Morgan fingerprint density at radius 3 is 2.61 bits per heavy atom. The first-order chi connectivity index (χ1) is 8.45. The molecule has 2 aromatic rings. The van der Waals surface area contributed by atoms with Crippen molar-refractivity contribution in [3.8, 4) is 11.6 Å². The Morgan fingerprint density at radius 2 is 2.00 bits per heavy atom. The molecule has 7 heteroatoms.